The van der Waals surface area contributed by atoms with E-state index >= 15 is 0 Å². The monoisotopic (exact) mass is 288 g/mol. The highest BCUT2D eigenvalue weighted by Gasteiger charge is 2.24. The van der Waals surface area contributed by atoms with Gasteiger partial charge in [-0.05, 0) is 42.2 Å². The first-order valence-electron chi connectivity index (χ1n) is 8.37. The summed E-state index contributed by atoms with van der Waals surface area (Å²) in [7, 11) is 0. The maximum atomic E-state index is 6.45. The molecule has 1 aliphatic rings. The quantitative estimate of drug-likeness (QED) is 0.907. The van der Waals surface area contributed by atoms with Crippen LogP contribution in [0.4, 0.5) is 0 Å². The predicted octanol–water partition coefficient (Wildman–Crippen LogP) is 4.10. The Morgan fingerprint density at radius 2 is 1.76 bits per heavy atom. The second-order valence-corrected chi connectivity index (χ2v) is 7.96. The molecule has 1 fully saturated rings. The number of benzene rings is 1. The summed E-state index contributed by atoms with van der Waals surface area (Å²) in [4.78, 5) is 2.57. The van der Waals surface area contributed by atoms with Crippen molar-refractivity contribution in [2.75, 3.05) is 13.1 Å². The molecule has 2 N–H and O–H groups in total. The highest BCUT2D eigenvalue weighted by atomic mass is 15.2. The Balaban J connectivity index is 2.01. The third-order valence-corrected chi connectivity index (χ3v) is 4.88. The van der Waals surface area contributed by atoms with Crippen molar-refractivity contribution >= 4 is 0 Å². The van der Waals surface area contributed by atoms with E-state index < -0.39 is 0 Å². The molecule has 0 aliphatic carbocycles. The van der Waals surface area contributed by atoms with Gasteiger partial charge in [-0.1, -0.05) is 52.0 Å². The SMILES string of the molecule is CC1CCC(C)N(CC(N)c2ccc(C(C)(C)C)cc2)C1. The van der Waals surface area contributed by atoms with Gasteiger partial charge in [-0.15, -0.1) is 0 Å². The molecular weight excluding hydrogens is 256 g/mol. The van der Waals surface area contributed by atoms with Gasteiger partial charge in [0.1, 0.15) is 0 Å². The third-order valence-electron chi connectivity index (χ3n) is 4.88. The lowest BCUT2D eigenvalue weighted by molar-refractivity contribution is 0.117. The molecule has 0 radical (unpaired) electrons. The van der Waals surface area contributed by atoms with Gasteiger partial charge in [-0.25, -0.2) is 0 Å². The maximum absolute atomic E-state index is 6.45. The molecule has 1 saturated heterocycles. The van der Waals surface area contributed by atoms with E-state index in [4.69, 9.17) is 5.73 Å². The molecule has 118 valence electrons. The second kappa shape index (κ2) is 6.50. The van der Waals surface area contributed by atoms with Crippen LogP contribution in [-0.2, 0) is 5.41 Å². The fourth-order valence-electron chi connectivity index (χ4n) is 3.22. The van der Waals surface area contributed by atoms with Crippen LogP contribution in [0.5, 0.6) is 0 Å². The van der Waals surface area contributed by atoms with Crippen LogP contribution in [0, 0.1) is 5.92 Å². The highest BCUT2D eigenvalue weighted by Crippen LogP contribution is 2.26. The molecule has 1 aromatic rings. The fraction of sp³-hybridized carbons (Fsp3) is 0.684. The van der Waals surface area contributed by atoms with E-state index in [1.807, 2.05) is 0 Å². The molecule has 0 saturated carbocycles. The van der Waals surface area contributed by atoms with Crippen LogP contribution in [0.15, 0.2) is 24.3 Å². The molecule has 1 heterocycles. The molecule has 2 nitrogen and oxygen atoms in total. The van der Waals surface area contributed by atoms with Crippen molar-refractivity contribution < 1.29 is 0 Å². The van der Waals surface area contributed by atoms with Crippen molar-refractivity contribution in [1.82, 2.24) is 4.90 Å². The third kappa shape index (κ3) is 4.31. The summed E-state index contributed by atoms with van der Waals surface area (Å²) >= 11 is 0. The van der Waals surface area contributed by atoms with E-state index in [-0.39, 0.29) is 11.5 Å². The van der Waals surface area contributed by atoms with Crippen LogP contribution < -0.4 is 5.73 Å². The minimum Gasteiger partial charge on any atom is -0.323 e. The van der Waals surface area contributed by atoms with Crippen molar-refractivity contribution in [2.45, 2.75) is 65.0 Å². The Morgan fingerprint density at radius 1 is 1.14 bits per heavy atom. The Labute approximate surface area is 130 Å². The number of rotatable bonds is 3. The van der Waals surface area contributed by atoms with Gasteiger partial charge in [0.05, 0.1) is 0 Å². The summed E-state index contributed by atoms with van der Waals surface area (Å²) in [5, 5.41) is 0. The summed E-state index contributed by atoms with van der Waals surface area (Å²) in [6.07, 6.45) is 2.66. The van der Waals surface area contributed by atoms with Crippen LogP contribution >= 0.6 is 0 Å². The largest absolute Gasteiger partial charge is 0.323 e. The standard InChI is InChI=1S/C19H32N2/c1-14-6-7-15(2)21(12-14)13-18(20)16-8-10-17(11-9-16)19(3,4)5/h8-11,14-15,18H,6-7,12-13,20H2,1-5H3. The molecule has 21 heavy (non-hydrogen) atoms. The molecular formula is C19H32N2. The molecule has 3 atom stereocenters. The van der Waals surface area contributed by atoms with E-state index in [9.17, 15) is 0 Å². The first-order valence-corrected chi connectivity index (χ1v) is 8.37. The van der Waals surface area contributed by atoms with Gasteiger partial charge in [-0.2, -0.15) is 0 Å². The van der Waals surface area contributed by atoms with Crippen molar-refractivity contribution in [3.05, 3.63) is 35.4 Å². The average molecular weight is 288 g/mol. The fourth-order valence-corrected chi connectivity index (χ4v) is 3.22. The van der Waals surface area contributed by atoms with Gasteiger partial charge in [-0.3, -0.25) is 4.90 Å². The minimum atomic E-state index is 0.117. The maximum Gasteiger partial charge on any atom is 0.0424 e. The van der Waals surface area contributed by atoms with E-state index in [2.05, 4.69) is 63.8 Å². The predicted molar refractivity (Wildman–Crippen MR) is 91.5 cm³/mol. The molecule has 0 aromatic heterocycles. The van der Waals surface area contributed by atoms with Crippen molar-refractivity contribution in [2.24, 2.45) is 11.7 Å². The van der Waals surface area contributed by atoms with Gasteiger partial charge in [0, 0.05) is 25.2 Å². The van der Waals surface area contributed by atoms with Crippen molar-refractivity contribution in [3.8, 4) is 0 Å². The topological polar surface area (TPSA) is 29.3 Å². The van der Waals surface area contributed by atoms with Crippen LogP contribution in [0.3, 0.4) is 0 Å². The zero-order chi connectivity index (χ0) is 15.6. The smallest absolute Gasteiger partial charge is 0.0424 e. The highest BCUT2D eigenvalue weighted by molar-refractivity contribution is 5.29. The number of piperidine rings is 1. The number of nitrogens with zero attached hydrogens (tertiary/aromatic N) is 1. The van der Waals surface area contributed by atoms with E-state index in [1.165, 1.54) is 30.5 Å². The molecule has 3 unspecified atom stereocenters. The Hall–Kier alpha value is -0.860. The van der Waals surface area contributed by atoms with Gasteiger partial charge < -0.3 is 5.73 Å². The summed E-state index contributed by atoms with van der Waals surface area (Å²) in [6.45, 7) is 13.6. The Kier molecular flexibility index (Phi) is 5.11. The van der Waals surface area contributed by atoms with E-state index in [1.54, 1.807) is 0 Å². The van der Waals surface area contributed by atoms with Gasteiger partial charge in [0.25, 0.3) is 0 Å². The van der Waals surface area contributed by atoms with Gasteiger partial charge in [0.15, 0.2) is 0 Å². The Bertz CT molecular complexity index is 444. The second-order valence-electron chi connectivity index (χ2n) is 7.96. The molecule has 0 amide bonds. The van der Waals surface area contributed by atoms with Crippen LogP contribution in [0.2, 0.25) is 0 Å². The van der Waals surface area contributed by atoms with Crippen LogP contribution in [0.1, 0.15) is 64.6 Å². The number of hydrogen-bond donors (Lipinski definition) is 1. The molecule has 2 rings (SSSR count). The van der Waals surface area contributed by atoms with Crippen LogP contribution in [-0.4, -0.2) is 24.0 Å². The molecule has 1 aliphatic heterocycles. The first kappa shape index (κ1) is 16.5. The summed E-state index contributed by atoms with van der Waals surface area (Å²) < 4.78 is 0. The van der Waals surface area contributed by atoms with Crippen LogP contribution in [0.25, 0.3) is 0 Å². The van der Waals surface area contributed by atoms with Gasteiger partial charge >= 0.3 is 0 Å². The van der Waals surface area contributed by atoms with Crippen molar-refractivity contribution in [3.63, 3.8) is 0 Å². The molecule has 0 bridgehead atoms. The Morgan fingerprint density at radius 3 is 2.33 bits per heavy atom. The molecule has 2 heteroatoms. The number of nitrogens with two attached hydrogens (primary N) is 1. The lowest BCUT2D eigenvalue weighted by Gasteiger charge is -2.38. The van der Waals surface area contributed by atoms with E-state index in [0.29, 0.717) is 6.04 Å². The number of likely N-dealkylation sites (tertiary alicyclic amines) is 1. The van der Waals surface area contributed by atoms with Crippen molar-refractivity contribution in [1.29, 1.82) is 0 Å². The summed E-state index contributed by atoms with van der Waals surface area (Å²) in [5.41, 5.74) is 9.29. The lowest BCUT2D eigenvalue weighted by atomic mass is 9.86. The molecule has 0 spiro atoms. The van der Waals surface area contributed by atoms with E-state index in [0.717, 1.165) is 12.5 Å². The zero-order valence-corrected chi connectivity index (χ0v) is 14.4. The normalized spacial score (nSPS) is 25.8. The lowest BCUT2D eigenvalue weighted by Crippen LogP contribution is -2.44. The first-order chi connectivity index (χ1) is 9.77. The zero-order valence-electron chi connectivity index (χ0n) is 14.4. The minimum absolute atomic E-state index is 0.117. The summed E-state index contributed by atoms with van der Waals surface area (Å²) in [5.74, 6) is 0.802. The average Bonchev–Trinajstić information content (AvgIpc) is 2.42. The molecule has 1 aromatic carbocycles. The van der Waals surface area contributed by atoms with Gasteiger partial charge in [0.2, 0.25) is 0 Å². The number of hydrogen-bond acceptors (Lipinski definition) is 2. The summed E-state index contributed by atoms with van der Waals surface area (Å²) in [6, 6.07) is 9.68.